The summed E-state index contributed by atoms with van der Waals surface area (Å²) in [7, 11) is 0. The van der Waals surface area contributed by atoms with E-state index in [2.05, 4.69) is 10.2 Å². The third-order valence-electron chi connectivity index (χ3n) is 4.70. The maximum Gasteiger partial charge on any atom is 0.321 e. The van der Waals surface area contributed by atoms with E-state index in [1.54, 1.807) is 19.1 Å². The van der Waals surface area contributed by atoms with Crippen molar-refractivity contribution in [1.29, 1.82) is 0 Å². The zero-order chi connectivity index (χ0) is 16.2. The molecular weight excluding hydrogens is 297 g/mol. The van der Waals surface area contributed by atoms with Crippen LogP contribution >= 0.6 is 0 Å². The molecule has 126 valence electrons. The average Bonchev–Trinajstić information content (AvgIpc) is 3.01. The smallest absolute Gasteiger partial charge is 0.321 e. The summed E-state index contributed by atoms with van der Waals surface area (Å²) in [4.78, 5) is 16.6. The van der Waals surface area contributed by atoms with Crippen molar-refractivity contribution >= 4 is 11.7 Å². The third kappa shape index (κ3) is 4.00. The van der Waals surface area contributed by atoms with E-state index in [4.69, 9.17) is 4.74 Å². The monoisotopic (exact) mass is 321 g/mol. The lowest BCUT2D eigenvalue weighted by atomic mass is 10.1. The quantitative estimate of drug-likeness (QED) is 0.929. The minimum Gasteiger partial charge on any atom is -0.379 e. The standard InChI is InChI=1S/C17H24FN3O2/c1-13-15(18)3-2-4-16(13)19-17(22)21-6-5-14(12-21)11-20-7-9-23-10-8-20/h2-4,14H,5-12H2,1H3,(H,19,22)/t14-/m0/s1. The van der Waals surface area contributed by atoms with E-state index < -0.39 is 0 Å². The molecule has 2 aliphatic rings. The van der Waals surface area contributed by atoms with E-state index in [1.807, 2.05) is 4.90 Å². The van der Waals surface area contributed by atoms with Crippen molar-refractivity contribution in [2.24, 2.45) is 5.92 Å². The maximum atomic E-state index is 13.5. The van der Waals surface area contributed by atoms with Crippen molar-refractivity contribution in [1.82, 2.24) is 9.80 Å². The number of ether oxygens (including phenoxy) is 1. The Kier molecular flexibility index (Phi) is 5.13. The average molecular weight is 321 g/mol. The van der Waals surface area contributed by atoms with Gasteiger partial charge in [-0.05, 0) is 31.4 Å². The van der Waals surface area contributed by atoms with Gasteiger partial charge in [0.25, 0.3) is 0 Å². The molecule has 1 atom stereocenters. The fraction of sp³-hybridized carbons (Fsp3) is 0.588. The summed E-state index contributed by atoms with van der Waals surface area (Å²) < 4.78 is 18.9. The molecule has 6 heteroatoms. The van der Waals surface area contributed by atoms with E-state index in [-0.39, 0.29) is 11.8 Å². The Labute approximate surface area is 136 Å². The minimum atomic E-state index is -0.297. The second kappa shape index (κ2) is 7.27. The molecule has 0 aliphatic carbocycles. The number of anilines is 1. The Bertz CT molecular complexity index is 561. The molecule has 2 aliphatic heterocycles. The predicted molar refractivity (Wildman–Crippen MR) is 87.1 cm³/mol. The van der Waals surface area contributed by atoms with Gasteiger partial charge in [-0.3, -0.25) is 4.90 Å². The molecule has 0 radical (unpaired) electrons. The van der Waals surface area contributed by atoms with Crippen molar-refractivity contribution in [3.63, 3.8) is 0 Å². The van der Waals surface area contributed by atoms with Gasteiger partial charge in [0.1, 0.15) is 5.82 Å². The second-order valence-corrected chi connectivity index (χ2v) is 6.36. The fourth-order valence-corrected chi connectivity index (χ4v) is 3.25. The fourth-order valence-electron chi connectivity index (χ4n) is 3.25. The summed E-state index contributed by atoms with van der Waals surface area (Å²) in [6.45, 7) is 7.77. The molecule has 1 N–H and O–H groups in total. The third-order valence-corrected chi connectivity index (χ3v) is 4.70. The molecule has 3 rings (SSSR count). The highest BCUT2D eigenvalue weighted by atomic mass is 19.1. The Balaban J connectivity index is 1.52. The number of carbonyl (C=O) groups is 1. The number of halogens is 1. The summed E-state index contributed by atoms with van der Waals surface area (Å²) in [6.07, 6.45) is 1.02. The molecule has 2 fully saturated rings. The Hall–Kier alpha value is -1.66. The van der Waals surface area contributed by atoms with Crippen LogP contribution in [0.25, 0.3) is 0 Å². The highest BCUT2D eigenvalue weighted by molar-refractivity contribution is 5.90. The molecule has 1 aromatic rings. The van der Waals surface area contributed by atoms with Crippen LogP contribution in [0.15, 0.2) is 18.2 Å². The molecule has 0 aromatic heterocycles. The summed E-state index contributed by atoms with van der Waals surface area (Å²) in [5.74, 6) is 0.210. The van der Waals surface area contributed by atoms with Crippen LogP contribution in [0.4, 0.5) is 14.9 Å². The SMILES string of the molecule is Cc1c(F)cccc1NC(=O)N1CC[C@@H](CN2CCOCC2)C1. The van der Waals surface area contributed by atoms with Gasteiger partial charge in [-0.15, -0.1) is 0 Å². The first-order valence-corrected chi connectivity index (χ1v) is 8.24. The summed E-state index contributed by atoms with van der Waals surface area (Å²) in [6, 6.07) is 4.61. The number of amides is 2. The number of nitrogens with one attached hydrogen (secondary N) is 1. The van der Waals surface area contributed by atoms with Crippen molar-refractivity contribution in [2.75, 3.05) is 51.3 Å². The Morgan fingerprint density at radius 3 is 2.91 bits per heavy atom. The molecule has 2 amide bonds. The van der Waals surface area contributed by atoms with Gasteiger partial charge in [-0.1, -0.05) is 6.07 Å². The summed E-state index contributed by atoms with van der Waals surface area (Å²) >= 11 is 0. The lowest BCUT2D eigenvalue weighted by molar-refractivity contribution is 0.0314. The zero-order valence-corrected chi connectivity index (χ0v) is 13.6. The maximum absolute atomic E-state index is 13.5. The second-order valence-electron chi connectivity index (χ2n) is 6.36. The molecule has 0 bridgehead atoms. The van der Waals surface area contributed by atoms with Crippen LogP contribution in [0.3, 0.4) is 0 Å². The highest BCUT2D eigenvalue weighted by Crippen LogP contribution is 2.21. The topological polar surface area (TPSA) is 44.8 Å². The van der Waals surface area contributed by atoms with E-state index in [1.165, 1.54) is 6.07 Å². The molecule has 0 unspecified atom stereocenters. The minimum absolute atomic E-state index is 0.136. The Morgan fingerprint density at radius 1 is 1.35 bits per heavy atom. The highest BCUT2D eigenvalue weighted by Gasteiger charge is 2.28. The van der Waals surface area contributed by atoms with Crippen molar-refractivity contribution in [3.8, 4) is 0 Å². The number of morpholine rings is 1. The van der Waals surface area contributed by atoms with Crippen molar-refractivity contribution in [2.45, 2.75) is 13.3 Å². The van der Waals surface area contributed by atoms with Gasteiger partial charge in [0.05, 0.1) is 13.2 Å². The molecule has 2 saturated heterocycles. The number of likely N-dealkylation sites (tertiary alicyclic amines) is 1. The number of nitrogens with zero attached hydrogens (tertiary/aromatic N) is 2. The van der Waals surface area contributed by atoms with Gasteiger partial charge in [0.15, 0.2) is 0 Å². The predicted octanol–water partition coefficient (Wildman–Crippen LogP) is 2.32. The van der Waals surface area contributed by atoms with Crippen LogP contribution in [0.2, 0.25) is 0 Å². The van der Waals surface area contributed by atoms with Gasteiger partial charge in [-0.2, -0.15) is 0 Å². The van der Waals surface area contributed by atoms with E-state index >= 15 is 0 Å². The van der Waals surface area contributed by atoms with E-state index in [0.29, 0.717) is 17.2 Å². The van der Waals surface area contributed by atoms with Crippen LogP contribution in [-0.4, -0.2) is 61.8 Å². The summed E-state index contributed by atoms with van der Waals surface area (Å²) in [5.41, 5.74) is 1.02. The first-order valence-electron chi connectivity index (χ1n) is 8.24. The van der Waals surface area contributed by atoms with Crippen LogP contribution in [0.1, 0.15) is 12.0 Å². The normalized spacial score (nSPS) is 22.3. The van der Waals surface area contributed by atoms with Crippen molar-refractivity contribution < 1.29 is 13.9 Å². The van der Waals surface area contributed by atoms with Crippen molar-refractivity contribution in [3.05, 3.63) is 29.6 Å². The lowest BCUT2D eigenvalue weighted by Gasteiger charge is -2.29. The first kappa shape index (κ1) is 16.2. The number of hydrogen-bond donors (Lipinski definition) is 1. The van der Waals surface area contributed by atoms with Crippen LogP contribution < -0.4 is 5.32 Å². The van der Waals surface area contributed by atoms with E-state index in [0.717, 1.165) is 52.4 Å². The van der Waals surface area contributed by atoms with Gasteiger partial charge < -0.3 is 15.0 Å². The molecule has 0 saturated carbocycles. The molecule has 1 aromatic carbocycles. The molecular formula is C17H24FN3O2. The number of benzene rings is 1. The van der Waals surface area contributed by atoms with Gasteiger partial charge in [0.2, 0.25) is 0 Å². The van der Waals surface area contributed by atoms with Gasteiger partial charge in [-0.25, -0.2) is 9.18 Å². The van der Waals surface area contributed by atoms with Gasteiger partial charge in [0, 0.05) is 44.0 Å². The molecule has 5 nitrogen and oxygen atoms in total. The first-order chi connectivity index (χ1) is 11.1. The number of hydrogen-bond acceptors (Lipinski definition) is 3. The van der Waals surface area contributed by atoms with Crippen LogP contribution in [0.5, 0.6) is 0 Å². The van der Waals surface area contributed by atoms with E-state index in [9.17, 15) is 9.18 Å². The molecule has 23 heavy (non-hydrogen) atoms. The van der Waals surface area contributed by atoms with Crippen LogP contribution in [0, 0.1) is 18.7 Å². The molecule has 0 spiro atoms. The zero-order valence-electron chi connectivity index (χ0n) is 13.6. The van der Waals surface area contributed by atoms with Gasteiger partial charge >= 0.3 is 6.03 Å². The lowest BCUT2D eigenvalue weighted by Crippen LogP contribution is -2.40. The van der Waals surface area contributed by atoms with Crippen LogP contribution in [-0.2, 0) is 4.74 Å². The Morgan fingerprint density at radius 2 is 2.13 bits per heavy atom. The number of carbonyl (C=O) groups excluding carboxylic acids is 1. The number of urea groups is 1. The molecule has 2 heterocycles. The summed E-state index contributed by atoms with van der Waals surface area (Å²) in [5, 5.41) is 2.83. The number of rotatable bonds is 3. The largest absolute Gasteiger partial charge is 0.379 e.